The van der Waals surface area contributed by atoms with Gasteiger partial charge >= 0.3 is 0 Å². The van der Waals surface area contributed by atoms with E-state index in [1.165, 1.54) is 0 Å². The molecule has 11 heavy (non-hydrogen) atoms. The molecule has 0 aromatic carbocycles. The zero-order chi connectivity index (χ0) is 8.69. The number of hydrazine groups is 1. The third-order valence-corrected chi connectivity index (χ3v) is 1.52. The highest BCUT2D eigenvalue weighted by Gasteiger charge is 2.05. The van der Waals surface area contributed by atoms with Gasteiger partial charge in [0, 0.05) is 0 Å². The summed E-state index contributed by atoms with van der Waals surface area (Å²) in [6.07, 6.45) is 1.06. The van der Waals surface area contributed by atoms with Crippen LogP contribution in [0.25, 0.3) is 0 Å². The fourth-order valence-electron chi connectivity index (χ4n) is 0.914. The molecule has 0 rings (SSSR count). The molecule has 0 spiro atoms. The lowest BCUT2D eigenvalue weighted by Crippen LogP contribution is -2.40. The van der Waals surface area contributed by atoms with E-state index in [-0.39, 0.29) is 5.91 Å². The molecule has 0 fully saturated rings. The van der Waals surface area contributed by atoms with Crippen molar-refractivity contribution < 1.29 is 4.79 Å². The molecule has 0 unspecified atom stereocenters. The Balaban J connectivity index is 3.58. The Morgan fingerprint density at radius 1 is 1.55 bits per heavy atom. The van der Waals surface area contributed by atoms with Gasteiger partial charge in [0.05, 0.1) is 6.54 Å². The molecule has 0 radical (unpaired) electrons. The minimum atomic E-state index is -0.125. The molecule has 0 bridgehead atoms. The molecule has 0 saturated carbocycles. The standard InChI is InChI=1S/C7H17N3O/c1-3-5-10(4-2)6-7(11)9-8/h3-6,8H2,1-2H3,(H,9,11). The molecule has 4 heteroatoms. The Hall–Kier alpha value is -0.610. The van der Waals surface area contributed by atoms with Crippen molar-refractivity contribution in [2.45, 2.75) is 20.3 Å². The Morgan fingerprint density at radius 3 is 2.55 bits per heavy atom. The van der Waals surface area contributed by atoms with Crippen LogP contribution in [0.1, 0.15) is 20.3 Å². The predicted octanol–water partition coefficient (Wildman–Crippen LogP) is -0.292. The first-order valence-electron chi connectivity index (χ1n) is 3.96. The average molecular weight is 159 g/mol. The molecule has 0 aromatic rings. The van der Waals surface area contributed by atoms with Gasteiger partial charge in [0.25, 0.3) is 0 Å². The van der Waals surface area contributed by atoms with Gasteiger partial charge in [-0.15, -0.1) is 0 Å². The lowest BCUT2D eigenvalue weighted by atomic mass is 10.4. The van der Waals surface area contributed by atoms with Crippen LogP contribution in [0.2, 0.25) is 0 Å². The van der Waals surface area contributed by atoms with Crippen molar-refractivity contribution in [2.24, 2.45) is 5.84 Å². The molecule has 0 atom stereocenters. The van der Waals surface area contributed by atoms with Crippen molar-refractivity contribution in [3.05, 3.63) is 0 Å². The largest absolute Gasteiger partial charge is 0.295 e. The maximum Gasteiger partial charge on any atom is 0.248 e. The summed E-state index contributed by atoms with van der Waals surface area (Å²) in [5.41, 5.74) is 2.11. The van der Waals surface area contributed by atoms with Crippen molar-refractivity contribution in [3.63, 3.8) is 0 Å². The number of rotatable bonds is 5. The minimum absolute atomic E-state index is 0.125. The zero-order valence-electron chi connectivity index (χ0n) is 7.26. The van der Waals surface area contributed by atoms with E-state index in [9.17, 15) is 4.79 Å². The molecule has 0 aliphatic heterocycles. The molecule has 1 amide bonds. The highest BCUT2D eigenvalue weighted by atomic mass is 16.2. The SMILES string of the molecule is CCCN(CC)CC(=O)NN. The highest BCUT2D eigenvalue weighted by molar-refractivity contribution is 5.77. The maximum atomic E-state index is 10.8. The van der Waals surface area contributed by atoms with E-state index in [2.05, 4.69) is 12.3 Å². The van der Waals surface area contributed by atoms with Crippen LogP contribution in [0.5, 0.6) is 0 Å². The second-order valence-electron chi connectivity index (χ2n) is 2.44. The smallest absolute Gasteiger partial charge is 0.248 e. The zero-order valence-corrected chi connectivity index (χ0v) is 7.26. The summed E-state index contributed by atoms with van der Waals surface area (Å²) in [6, 6.07) is 0. The molecular weight excluding hydrogens is 142 g/mol. The van der Waals surface area contributed by atoms with Crippen molar-refractivity contribution in [2.75, 3.05) is 19.6 Å². The number of likely N-dealkylation sites (N-methyl/N-ethyl adjacent to an activating group) is 1. The van der Waals surface area contributed by atoms with Gasteiger partial charge in [-0.3, -0.25) is 15.1 Å². The Kier molecular flexibility index (Phi) is 5.78. The maximum absolute atomic E-state index is 10.8. The van der Waals surface area contributed by atoms with Crippen LogP contribution in [-0.4, -0.2) is 30.4 Å². The number of nitrogens with one attached hydrogen (secondary N) is 1. The van der Waals surface area contributed by atoms with Gasteiger partial charge in [-0.05, 0) is 19.5 Å². The lowest BCUT2D eigenvalue weighted by molar-refractivity contribution is -0.122. The Morgan fingerprint density at radius 2 is 2.18 bits per heavy atom. The normalized spacial score (nSPS) is 10.2. The average Bonchev–Trinajstić information content (AvgIpc) is 2.03. The third-order valence-electron chi connectivity index (χ3n) is 1.52. The van der Waals surface area contributed by atoms with Gasteiger partial charge in [-0.1, -0.05) is 13.8 Å². The summed E-state index contributed by atoms with van der Waals surface area (Å²) in [5.74, 6) is 4.82. The molecule has 0 saturated heterocycles. The van der Waals surface area contributed by atoms with Crippen molar-refractivity contribution in [1.29, 1.82) is 0 Å². The molecule has 3 N–H and O–H groups in total. The van der Waals surface area contributed by atoms with E-state index in [4.69, 9.17) is 5.84 Å². The number of hydrogen-bond donors (Lipinski definition) is 2. The molecule has 0 aliphatic carbocycles. The van der Waals surface area contributed by atoms with Gasteiger partial charge in [-0.2, -0.15) is 0 Å². The molecule has 0 aliphatic rings. The summed E-state index contributed by atoms with van der Waals surface area (Å²) in [7, 11) is 0. The number of nitrogens with two attached hydrogens (primary N) is 1. The summed E-state index contributed by atoms with van der Waals surface area (Å²) >= 11 is 0. The van der Waals surface area contributed by atoms with Crippen molar-refractivity contribution >= 4 is 5.91 Å². The number of nitrogens with zero attached hydrogens (tertiary/aromatic N) is 1. The Bertz CT molecular complexity index is 116. The first kappa shape index (κ1) is 10.4. The van der Waals surface area contributed by atoms with Crippen molar-refractivity contribution in [1.82, 2.24) is 10.3 Å². The van der Waals surface area contributed by atoms with Crippen LogP contribution in [-0.2, 0) is 4.79 Å². The van der Waals surface area contributed by atoms with Crippen LogP contribution < -0.4 is 11.3 Å². The van der Waals surface area contributed by atoms with Gasteiger partial charge in [0.15, 0.2) is 0 Å². The monoisotopic (exact) mass is 159 g/mol. The molecule has 0 aromatic heterocycles. The van der Waals surface area contributed by atoms with E-state index in [0.29, 0.717) is 6.54 Å². The van der Waals surface area contributed by atoms with Gasteiger partial charge in [-0.25, -0.2) is 5.84 Å². The fourth-order valence-corrected chi connectivity index (χ4v) is 0.914. The van der Waals surface area contributed by atoms with Gasteiger partial charge in [0.2, 0.25) is 5.91 Å². The van der Waals surface area contributed by atoms with E-state index >= 15 is 0 Å². The number of carbonyl (C=O) groups is 1. The van der Waals surface area contributed by atoms with E-state index in [0.717, 1.165) is 19.5 Å². The van der Waals surface area contributed by atoms with Crippen LogP contribution in [0, 0.1) is 0 Å². The Labute approximate surface area is 67.7 Å². The van der Waals surface area contributed by atoms with Crippen LogP contribution in [0.15, 0.2) is 0 Å². The topological polar surface area (TPSA) is 58.4 Å². The van der Waals surface area contributed by atoms with Gasteiger partial charge < -0.3 is 0 Å². The summed E-state index contributed by atoms with van der Waals surface area (Å²) < 4.78 is 0. The van der Waals surface area contributed by atoms with E-state index in [1.807, 2.05) is 11.8 Å². The first-order chi connectivity index (χ1) is 5.24. The fraction of sp³-hybridized carbons (Fsp3) is 0.857. The quantitative estimate of drug-likeness (QED) is 0.329. The molecule has 4 nitrogen and oxygen atoms in total. The summed E-state index contributed by atoms with van der Waals surface area (Å²) in [4.78, 5) is 12.8. The predicted molar refractivity (Wildman–Crippen MR) is 44.7 cm³/mol. The van der Waals surface area contributed by atoms with Crippen LogP contribution in [0.4, 0.5) is 0 Å². The van der Waals surface area contributed by atoms with E-state index < -0.39 is 0 Å². The number of carbonyl (C=O) groups excluding carboxylic acids is 1. The second kappa shape index (κ2) is 6.12. The molecule has 0 heterocycles. The third kappa shape index (κ3) is 4.75. The highest BCUT2D eigenvalue weighted by Crippen LogP contribution is 1.88. The van der Waals surface area contributed by atoms with Crippen LogP contribution >= 0.6 is 0 Å². The minimum Gasteiger partial charge on any atom is -0.295 e. The molecular formula is C7H17N3O. The summed E-state index contributed by atoms with van der Waals surface area (Å²) in [6.45, 7) is 6.36. The van der Waals surface area contributed by atoms with Gasteiger partial charge in [0.1, 0.15) is 0 Å². The number of hydrogen-bond acceptors (Lipinski definition) is 3. The van der Waals surface area contributed by atoms with E-state index in [1.54, 1.807) is 0 Å². The van der Waals surface area contributed by atoms with Crippen LogP contribution in [0.3, 0.4) is 0 Å². The number of amides is 1. The second-order valence-corrected chi connectivity index (χ2v) is 2.44. The molecule has 66 valence electrons. The lowest BCUT2D eigenvalue weighted by Gasteiger charge is -2.17. The van der Waals surface area contributed by atoms with Crippen molar-refractivity contribution in [3.8, 4) is 0 Å². The first-order valence-corrected chi connectivity index (χ1v) is 3.96. The summed E-state index contributed by atoms with van der Waals surface area (Å²) in [5, 5.41) is 0.